The van der Waals surface area contributed by atoms with E-state index in [4.69, 9.17) is 10.5 Å². The van der Waals surface area contributed by atoms with E-state index < -0.39 is 5.91 Å². The molecule has 0 aliphatic heterocycles. The van der Waals surface area contributed by atoms with Gasteiger partial charge in [0.1, 0.15) is 12.4 Å². The molecule has 0 bridgehead atoms. The first-order valence-electron chi connectivity index (χ1n) is 7.83. The molecule has 0 saturated heterocycles. The van der Waals surface area contributed by atoms with E-state index in [9.17, 15) is 9.59 Å². The molecule has 0 aliphatic rings. The van der Waals surface area contributed by atoms with E-state index in [0.717, 1.165) is 5.56 Å². The SMILES string of the molecule is CC(C)N(CC(N)=O)C(=O)c1ccc(OCc2ccccc2)cc1. The molecule has 0 heterocycles. The second kappa shape index (κ2) is 8.15. The minimum absolute atomic E-state index is 0.0945. The van der Waals surface area contributed by atoms with Crippen LogP contribution in [0.5, 0.6) is 5.75 Å². The number of benzene rings is 2. The van der Waals surface area contributed by atoms with Gasteiger partial charge >= 0.3 is 0 Å². The first kappa shape index (κ1) is 17.5. The zero-order chi connectivity index (χ0) is 17.5. The van der Waals surface area contributed by atoms with Crippen molar-refractivity contribution >= 4 is 11.8 Å². The number of nitrogens with two attached hydrogens (primary N) is 1. The van der Waals surface area contributed by atoms with E-state index in [-0.39, 0.29) is 18.5 Å². The molecular weight excluding hydrogens is 304 g/mol. The molecule has 126 valence electrons. The maximum absolute atomic E-state index is 12.5. The van der Waals surface area contributed by atoms with Crippen molar-refractivity contribution in [1.29, 1.82) is 0 Å². The average Bonchev–Trinajstić information content (AvgIpc) is 2.58. The van der Waals surface area contributed by atoms with Crippen LogP contribution in [0.1, 0.15) is 29.8 Å². The van der Waals surface area contributed by atoms with Crippen molar-refractivity contribution in [2.45, 2.75) is 26.5 Å². The molecule has 2 N–H and O–H groups in total. The van der Waals surface area contributed by atoms with Crippen LogP contribution in [0.2, 0.25) is 0 Å². The lowest BCUT2D eigenvalue weighted by molar-refractivity contribution is -0.119. The zero-order valence-corrected chi connectivity index (χ0v) is 13.9. The molecular formula is C19H22N2O3. The summed E-state index contributed by atoms with van der Waals surface area (Å²) in [6.45, 7) is 4.06. The lowest BCUT2D eigenvalue weighted by Crippen LogP contribution is -2.42. The number of nitrogens with zero attached hydrogens (tertiary/aromatic N) is 1. The summed E-state index contributed by atoms with van der Waals surface area (Å²) in [5.74, 6) is -0.0697. The number of amides is 2. The summed E-state index contributed by atoms with van der Waals surface area (Å²) in [6, 6.07) is 16.6. The molecule has 0 spiro atoms. The second-order valence-electron chi connectivity index (χ2n) is 5.79. The van der Waals surface area contributed by atoms with Crippen molar-refractivity contribution < 1.29 is 14.3 Å². The van der Waals surface area contributed by atoms with Crippen LogP contribution < -0.4 is 10.5 Å². The number of carbonyl (C=O) groups is 2. The number of hydrogen-bond acceptors (Lipinski definition) is 3. The van der Waals surface area contributed by atoms with Crippen molar-refractivity contribution in [2.75, 3.05) is 6.54 Å². The van der Waals surface area contributed by atoms with Gasteiger partial charge in [-0.15, -0.1) is 0 Å². The summed E-state index contributed by atoms with van der Waals surface area (Å²) in [4.78, 5) is 25.1. The highest BCUT2D eigenvalue weighted by atomic mass is 16.5. The van der Waals surface area contributed by atoms with Gasteiger partial charge in [-0.05, 0) is 43.7 Å². The lowest BCUT2D eigenvalue weighted by Gasteiger charge is -2.25. The predicted octanol–water partition coefficient (Wildman–Crippen LogP) is 2.60. The van der Waals surface area contributed by atoms with Crippen molar-refractivity contribution in [3.8, 4) is 5.75 Å². The molecule has 2 amide bonds. The standard InChI is InChI=1S/C19H22N2O3/c1-14(2)21(12-18(20)22)19(23)16-8-10-17(11-9-16)24-13-15-6-4-3-5-7-15/h3-11,14H,12-13H2,1-2H3,(H2,20,22). The smallest absolute Gasteiger partial charge is 0.254 e. The normalized spacial score (nSPS) is 10.5. The third-order valence-corrected chi connectivity index (χ3v) is 3.56. The highest BCUT2D eigenvalue weighted by molar-refractivity contribution is 5.96. The van der Waals surface area contributed by atoms with E-state index in [1.54, 1.807) is 24.3 Å². The summed E-state index contributed by atoms with van der Waals surface area (Å²) in [6.07, 6.45) is 0. The van der Waals surface area contributed by atoms with Crippen molar-refractivity contribution in [2.24, 2.45) is 5.73 Å². The Morgan fingerprint density at radius 2 is 1.67 bits per heavy atom. The molecule has 2 aromatic carbocycles. The van der Waals surface area contributed by atoms with Crippen molar-refractivity contribution in [1.82, 2.24) is 4.90 Å². The summed E-state index contributed by atoms with van der Waals surface area (Å²) < 4.78 is 5.70. The van der Waals surface area contributed by atoms with Gasteiger partial charge in [-0.2, -0.15) is 0 Å². The molecule has 5 heteroatoms. The molecule has 0 radical (unpaired) electrons. The van der Waals surface area contributed by atoms with Crippen molar-refractivity contribution in [3.63, 3.8) is 0 Å². The first-order chi connectivity index (χ1) is 11.5. The van der Waals surface area contributed by atoms with Crippen LogP contribution in [0.15, 0.2) is 54.6 Å². The molecule has 24 heavy (non-hydrogen) atoms. The van der Waals surface area contributed by atoms with E-state index in [2.05, 4.69) is 0 Å². The van der Waals surface area contributed by atoms with Gasteiger partial charge in [-0.1, -0.05) is 30.3 Å². The minimum atomic E-state index is -0.528. The Morgan fingerprint density at radius 3 is 2.21 bits per heavy atom. The summed E-state index contributed by atoms with van der Waals surface area (Å²) >= 11 is 0. The summed E-state index contributed by atoms with van der Waals surface area (Å²) in [5.41, 5.74) is 6.78. The number of primary amides is 1. The van der Waals surface area contributed by atoms with Gasteiger partial charge in [0.2, 0.25) is 5.91 Å². The Morgan fingerprint density at radius 1 is 1.04 bits per heavy atom. The Labute approximate surface area is 142 Å². The summed E-state index contributed by atoms with van der Waals surface area (Å²) in [5, 5.41) is 0. The van der Waals surface area contributed by atoms with Crippen LogP contribution in [0.4, 0.5) is 0 Å². The fraction of sp³-hybridized carbons (Fsp3) is 0.263. The third-order valence-electron chi connectivity index (χ3n) is 3.56. The van der Waals surface area contributed by atoms with Gasteiger partial charge in [-0.25, -0.2) is 0 Å². The van der Waals surface area contributed by atoms with Crippen LogP contribution >= 0.6 is 0 Å². The van der Waals surface area contributed by atoms with Gasteiger partial charge in [0.25, 0.3) is 5.91 Å². The third kappa shape index (κ3) is 4.84. The predicted molar refractivity (Wildman–Crippen MR) is 92.6 cm³/mol. The number of rotatable bonds is 7. The Kier molecular flexibility index (Phi) is 5.95. The highest BCUT2D eigenvalue weighted by Crippen LogP contribution is 2.16. The fourth-order valence-corrected chi connectivity index (χ4v) is 2.26. The van der Waals surface area contributed by atoms with E-state index in [1.807, 2.05) is 44.2 Å². The molecule has 0 aromatic heterocycles. The minimum Gasteiger partial charge on any atom is -0.489 e. The quantitative estimate of drug-likeness (QED) is 0.850. The highest BCUT2D eigenvalue weighted by Gasteiger charge is 2.20. The molecule has 0 saturated carbocycles. The van der Waals surface area contributed by atoms with E-state index >= 15 is 0 Å². The van der Waals surface area contributed by atoms with Crippen LogP contribution in [-0.2, 0) is 11.4 Å². The lowest BCUT2D eigenvalue weighted by atomic mass is 10.1. The fourth-order valence-electron chi connectivity index (χ4n) is 2.26. The van der Waals surface area contributed by atoms with Gasteiger partial charge in [-0.3, -0.25) is 9.59 Å². The maximum atomic E-state index is 12.5. The Bertz CT molecular complexity index is 682. The van der Waals surface area contributed by atoms with E-state index in [1.165, 1.54) is 4.90 Å². The first-order valence-corrected chi connectivity index (χ1v) is 7.83. The molecule has 0 aliphatic carbocycles. The molecule has 0 unspecified atom stereocenters. The molecule has 0 fully saturated rings. The topological polar surface area (TPSA) is 72.6 Å². The van der Waals surface area contributed by atoms with Crippen LogP contribution in [0.3, 0.4) is 0 Å². The van der Waals surface area contributed by atoms with Gasteiger partial charge < -0.3 is 15.4 Å². The number of carbonyl (C=O) groups excluding carboxylic acids is 2. The molecule has 5 nitrogen and oxygen atoms in total. The van der Waals surface area contributed by atoms with Crippen LogP contribution in [-0.4, -0.2) is 29.3 Å². The van der Waals surface area contributed by atoms with Crippen LogP contribution in [0, 0.1) is 0 Å². The largest absolute Gasteiger partial charge is 0.489 e. The van der Waals surface area contributed by atoms with Crippen LogP contribution in [0.25, 0.3) is 0 Å². The second-order valence-corrected chi connectivity index (χ2v) is 5.79. The van der Waals surface area contributed by atoms with Crippen molar-refractivity contribution in [3.05, 3.63) is 65.7 Å². The van der Waals surface area contributed by atoms with Gasteiger partial charge in [0.05, 0.1) is 6.54 Å². The van der Waals surface area contributed by atoms with E-state index in [0.29, 0.717) is 17.9 Å². The number of hydrogen-bond donors (Lipinski definition) is 1. The average molecular weight is 326 g/mol. The Balaban J connectivity index is 2.02. The van der Waals surface area contributed by atoms with Gasteiger partial charge in [0.15, 0.2) is 0 Å². The number of ether oxygens (including phenoxy) is 1. The monoisotopic (exact) mass is 326 g/mol. The molecule has 2 rings (SSSR count). The molecule has 0 atom stereocenters. The summed E-state index contributed by atoms with van der Waals surface area (Å²) in [7, 11) is 0. The maximum Gasteiger partial charge on any atom is 0.254 e. The zero-order valence-electron chi connectivity index (χ0n) is 13.9. The van der Waals surface area contributed by atoms with Gasteiger partial charge in [0, 0.05) is 11.6 Å². The molecule has 2 aromatic rings. The Hall–Kier alpha value is -2.82.